The number of carbonyl (C=O) groups is 1. The zero-order valence-electron chi connectivity index (χ0n) is 21.7. The molecule has 1 amide bonds. The van der Waals surface area contributed by atoms with Crippen LogP contribution in [0, 0.1) is 17.0 Å². The molecule has 8 heteroatoms. The Hall–Kier alpha value is -2.45. The third-order valence-corrected chi connectivity index (χ3v) is 6.20. The van der Waals surface area contributed by atoms with Gasteiger partial charge >= 0.3 is 0 Å². The number of hydrogen-bond donors (Lipinski definition) is 2. The number of rotatable bonds is 12. The number of amides is 1. The number of benzene rings is 1. The van der Waals surface area contributed by atoms with Gasteiger partial charge in [-0.15, -0.1) is 5.10 Å². The lowest BCUT2D eigenvalue weighted by Crippen LogP contribution is -2.38. The van der Waals surface area contributed by atoms with Crippen LogP contribution in [0.2, 0.25) is 0 Å². The number of ether oxygens (including phenoxy) is 1. The average Bonchev–Trinajstić information content (AvgIpc) is 2.80. The Kier molecular flexibility index (Phi) is 10.7. The molecule has 0 aliphatic rings. The predicted octanol–water partition coefficient (Wildman–Crippen LogP) is 5.71. The monoisotopic (exact) mass is 491 g/mol. The van der Waals surface area contributed by atoms with E-state index in [4.69, 9.17) is 9.84 Å². The number of nitrogens with zero attached hydrogens (tertiary/aromatic N) is 2. The maximum absolute atomic E-state index is 14.6. The van der Waals surface area contributed by atoms with Crippen LogP contribution >= 0.6 is 0 Å². The summed E-state index contributed by atoms with van der Waals surface area (Å²) in [6, 6.07) is 5.44. The van der Waals surface area contributed by atoms with Crippen molar-refractivity contribution in [2.75, 3.05) is 13.2 Å². The van der Waals surface area contributed by atoms with E-state index in [1.807, 2.05) is 13.8 Å². The summed E-state index contributed by atoms with van der Waals surface area (Å²) in [6.45, 7) is 12.6. The van der Waals surface area contributed by atoms with Gasteiger partial charge in [-0.25, -0.2) is 8.78 Å². The molecule has 1 heterocycles. The summed E-state index contributed by atoms with van der Waals surface area (Å²) in [4.78, 5) is 12.6. The third-order valence-electron chi connectivity index (χ3n) is 6.20. The van der Waals surface area contributed by atoms with Crippen LogP contribution in [0.4, 0.5) is 8.78 Å². The first-order chi connectivity index (χ1) is 16.6. The first-order valence-electron chi connectivity index (χ1n) is 12.4. The molecule has 0 unspecified atom stereocenters. The molecule has 6 nitrogen and oxygen atoms in total. The topological polar surface area (TPSA) is 84.3 Å². The molecule has 0 aliphatic carbocycles. The van der Waals surface area contributed by atoms with Gasteiger partial charge in [0, 0.05) is 13.2 Å². The number of carbonyl (C=O) groups excluding carboxylic acids is 1. The van der Waals surface area contributed by atoms with E-state index in [1.54, 1.807) is 6.07 Å². The van der Waals surface area contributed by atoms with Crippen LogP contribution < -0.4 is 5.32 Å². The number of halogens is 2. The Balaban J connectivity index is 2.55. The van der Waals surface area contributed by atoms with Crippen LogP contribution in [-0.2, 0) is 9.53 Å². The number of nitrogens with one attached hydrogen (secondary N) is 1. The van der Waals surface area contributed by atoms with Crippen molar-refractivity contribution in [3.8, 4) is 11.3 Å². The fraction of sp³-hybridized carbons (Fsp3) is 0.593. The molecule has 3 atom stereocenters. The molecule has 0 saturated heterocycles. The maximum Gasteiger partial charge on any atom is 0.249 e. The van der Waals surface area contributed by atoms with Crippen LogP contribution in [-0.4, -0.2) is 40.5 Å². The van der Waals surface area contributed by atoms with Crippen molar-refractivity contribution in [2.45, 2.75) is 85.4 Å². The van der Waals surface area contributed by atoms with Gasteiger partial charge in [-0.2, -0.15) is 5.10 Å². The van der Waals surface area contributed by atoms with Crippen molar-refractivity contribution in [1.82, 2.24) is 15.5 Å². The van der Waals surface area contributed by atoms with Crippen molar-refractivity contribution in [1.29, 1.82) is 0 Å². The van der Waals surface area contributed by atoms with E-state index in [0.29, 0.717) is 31.5 Å². The Bertz CT molecular complexity index is 958. The summed E-state index contributed by atoms with van der Waals surface area (Å²) in [6.07, 6.45) is 1.01. The Morgan fingerprint density at radius 1 is 1.09 bits per heavy atom. The molecule has 0 saturated carbocycles. The van der Waals surface area contributed by atoms with Gasteiger partial charge < -0.3 is 15.2 Å². The van der Waals surface area contributed by atoms with Gasteiger partial charge in [0.25, 0.3) is 0 Å². The number of aliphatic hydroxyl groups is 1. The van der Waals surface area contributed by atoms with E-state index in [-0.39, 0.29) is 35.1 Å². The second-order valence-corrected chi connectivity index (χ2v) is 9.79. The lowest BCUT2D eigenvalue weighted by atomic mass is 9.74. The molecule has 0 fully saturated rings. The predicted molar refractivity (Wildman–Crippen MR) is 133 cm³/mol. The maximum atomic E-state index is 14.6. The lowest BCUT2D eigenvalue weighted by molar-refractivity contribution is -0.137. The average molecular weight is 492 g/mol. The molecule has 2 aromatic rings. The van der Waals surface area contributed by atoms with E-state index in [9.17, 15) is 13.6 Å². The van der Waals surface area contributed by atoms with Crippen molar-refractivity contribution < 1.29 is 23.4 Å². The highest BCUT2D eigenvalue weighted by molar-refractivity contribution is 5.80. The van der Waals surface area contributed by atoms with Gasteiger partial charge in [0.05, 0.1) is 17.0 Å². The molecule has 0 aliphatic heterocycles. The van der Waals surface area contributed by atoms with E-state index >= 15 is 0 Å². The van der Waals surface area contributed by atoms with Gasteiger partial charge in [-0.1, -0.05) is 47.6 Å². The number of aliphatic hydroxyl groups excluding tert-OH is 1. The van der Waals surface area contributed by atoms with Gasteiger partial charge in [0.1, 0.15) is 23.8 Å². The molecule has 1 aromatic carbocycles. The smallest absolute Gasteiger partial charge is 0.249 e. The SMILES string of the molecule is CC[C@@H](O[C@H](CC)c1nnc(-c2c(F)cccc2F)cc1[C@H](CC)C(C)(C)C)C(=O)NCCCO. The van der Waals surface area contributed by atoms with Crippen LogP contribution in [0.25, 0.3) is 11.3 Å². The summed E-state index contributed by atoms with van der Waals surface area (Å²) in [5.74, 6) is -1.63. The summed E-state index contributed by atoms with van der Waals surface area (Å²) in [7, 11) is 0. The fourth-order valence-corrected chi connectivity index (χ4v) is 4.41. The highest BCUT2D eigenvalue weighted by Crippen LogP contribution is 2.42. The van der Waals surface area contributed by atoms with E-state index in [0.717, 1.165) is 12.0 Å². The summed E-state index contributed by atoms with van der Waals surface area (Å²) < 4.78 is 35.3. The molecular formula is C27H39F2N3O3. The second-order valence-electron chi connectivity index (χ2n) is 9.79. The van der Waals surface area contributed by atoms with Crippen LogP contribution in [0.3, 0.4) is 0 Å². The summed E-state index contributed by atoms with van der Waals surface area (Å²) in [5, 5.41) is 20.4. The number of hydrogen-bond acceptors (Lipinski definition) is 5. The quantitative estimate of drug-likeness (QED) is 0.372. The Morgan fingerprint density at radius 2 is 1.74 bits per heavy atom. The van der Waals surface area contributed by atoms with Crippen LogP contribution in [0.15, 0.2) is 24.3 Å². The van der Waals surface area contributed by atoms with E-state index < -0.39 is 23.8 Å². The molecule has 1 aromatic heterocycles. The van der Waals surface area contributed by atoms with Crippen molar-refractivity contribution in [3.05, 3.63) is 47.2 Å². The Morgan fingerprint density at radius 3 is 2.26 bits per heavy atom. The van der Waals surface area contributed by atoms with Gasteiger partial charge in [-0.3, -0.25) is 4.79 Å². The Labute approximate surface area is 207 Å². The minimum Gasteiger partial charge on any atom is -0.396 e. The van der Waals surface area contributed by atoms with Crippen molar-refractivity contribution >= 4 is 5.91 Å². The van der Waals surface area contributed by atoms with Gasteiger partial charge in [0.2, 0.25) is 5.91 Å². The molecular weight excluding hydrogens is 452 g/mol. The fourth-order valence-electron chi connectivity index (χ4n) is 4.41. The molecule has 35 heavy (non-hydrogen) atoms. The molecule has 0 radical (unpaired) electrons. The van der Waals surface area contributed by atoms with Crippen molar-refractivity contribution in [3.63, 3.8) is 0 Å². The number of aromatic nitrogens is 2. The zero-order valence-corrected chi connectivity index (χ0v) is 21.7. The first kappa shape index (κ1) is 28.8. The largest absolute Gasteiger partial charge is 0.396 e. The van der Waals surface area contributed by atoms with Crippen molar-refractivity contribution in [2.24, 2.45) is 5.41 Å². The minimum absolute atomic E-state index is 0.00533. The van der Waals surface area contributed by atoms with Gasteiger partial charge in [0.15, 0.2) is 0 Å². The molecule has 2 rings (SSSR count). The van der Waals surface area contributed by atoms with Crippen LogP contribution in [0.1, 0.15) is 90.5 Å². The highest BCUT2D eigenvalue weighted by atomic mass is 19.1. The highest BCUT2D eigenvalue weighted by Gasteiger charge is 2.32. The molecule has 0 bridgehead atoms. The molecule has 194 valence electrons. The summed E-state index contributed by atoms with van der Waals surface area (Å²) >= 11 is 0. The van der Waals surface area contributed by atoms with E-state index in [1.165, 1.54) is 18.2 Å². The molecule has 2 N–H and O–H groups in total. The van der Waals surface area contributed by atoms with Crippen LogP contribution in [0.5, 0.6) is 0 Å². The van der Waals surface area contributed by atoms with E-state index in [2.05, 4.69) is 43.2 Å². The first-order valence-corrected chi connectivity index (χ1v) is 12.4. The standard InChI is InChI=1S/C27H39F2N3O3/c1-7-18(27(4,5)6)17-16-21(24-19(28)12-10-13-20(24)29)31-32-25(17)22(8-2)35-23(9-3)26(34)30-14-11-15-33/h10,12-13,16,18,22-23,33H,7-9,11,14-15H2,1-6H3,(H,30,34)/t18-,22+,23+/m0/s1. The summed E-state index contributed by atoms with van der Waals surface area (Å²) in [5.41, 5.74) is 1.15. The third kappa shape index (κ3) is 7.27. The normalized spacial score (nSPS) is 14.4. The minimum atomic E-state index is -0.702. The second kappa shape index (κ2) is 13.0. The molecule has 0 spiro atoms. The van der Waals surface area contributed by atoms with Gasteiger partial charge in [-0.05, 0) is 60.8 Å². The zero-order chi connectivity index (χ0) is 26.2. The lowest BCUT2D eigenvalue weighted by Gasteiger charge is -2.33.